The number of aromatic nitrogens is 1. The van der Waals surface area contributed by atoms with Gasteiger partial charge in [-0.3, -0.25) is 4.79 Å². The van der Waals surface area contributed by atoms with Crippen LogP contribution >= 0.6 is 11.3 Å². The second kappa shape index (κ2) is 8.79. The molecule has 2 aromatic carbocycles. The lowest BCUT2D eigenvalue weighted by atomic mass is 10.1. The summed E-state index contributed by atoms with van der Waals surface area (Å²) < 4.78 is 5.39. The smallest absolute Gasteiger partial charge is 0.372 e. The molecule has 2 heterocycles. The Morgan fingerprint density at radius 2 is 1.87 bits per heavy atom. The van der Waals surface area contributed by atoms with Gasteiger partial charge in [0, 0.05) is 17.1 Å². The topological polar surface area (TPSA) is 121 Å². The molecule has 0 aliphatic heterocycles. The minimum absolute atomic E-state index is 0.0302. The molecule has 0 unspecified atom stereocenters. The molecular weight excluding hydrogens is 406 g/mol. The standard InChI is InChI=1S/C16H13NO5S.C6H6O/c1-3-8-4-9-11(5-10(8)18)22-14(16(20)21)12(13(9)19)15-17-7(2)6-23-15;7-6-4-2-1-3-5-6/h4-6,18H,3H2,1-2H3,(H,20,21);1-5,7H. The van der Waals surface area contributed by atoms with Crippen molar-refractivity contribution in [3.8, 4) is 22.1 Å². The van der Waals surface area contributed by atoms with E-state index in [1.54, 1.807) is 36.6 Å². The summed E-state index contributed by atoms with van der Waals surface area (Å²) in [5, 5.41) is 30.2. The van der Waals surface area contributed by atoms with E-state index in [4.69, 9.17) is 9.52 Å². The average molecular weight is 425 g/mol. The van der Waals surface area contributed by atoms with E-state index in [9.17, 15) is 19.8 Å². The van der Waals surface area contributed by atoms with Crippen molar-refractivity contribution in [2.24, 2.45) is 0 Å². The number of carboxylic acids is 1. The maximum absolute atomic E-state index is 12.8. The fourth-order valence-electron chi connectivity index (χ4n) is 2.80. The van der Waals surface area contributed by atoms with Crippen LogP contribution in [0.25, 0.3) is 21.5 Å². The van der Waals surface area contributed by atoms with Gasteiger partial charge in [-0.05, 0) is 37.1 Å². The summed E-state index contributed by atoms with van der Waals surface area (Å²) in [6, 6.07) is 11.5. The first kappa shape index (κ1) is 21.1. The van der Waals surface area contributed by atoms with Crippen LogP contribution in [0.3, 0.4) is 0 Å². The molecule has 0 saturated carbocycles. The Balaban J connectivity index is 0.000000310. The van der Waals surface area contributed by atoms with Crippen molar-refractivity contribution in [1.82, 2.24) is 4.98 Å². The molecule has 0 aliphatic carbocycles. The second-order valence-corrected chi connectivity index (χ2v) is 7.26. The molecule has 8 heteroatoms. The first-order valence-electron chi connectivity index (χ1n) is 9.04. The number of fused-ring (bicyclic) bond motifs is 1. The van der Waals surface area contributed by atoms with Crippen molar-refractivity contribution in [2.75, 3.05) is 0 Å². The van der Waals surface area contributed by atoms with Gasteiger partial charge in [0.1, 0.15) is 27.7 Å². The molecular formula is C22H19NO6S. The van der Waals surface area contributed by atoms with E-state index >= 15 is 0 Å². The zero-order valence-corrected chi connectivity index (χ0v) is 17.1. The van der Waals surface area contributed by atoms with Gasteiger partial charge in [0.15, 0.2) is 0 Å². The summed E-state index contributed by atoms with van der Waals surface area (Å²) in [5.41, 5.74) is 0.803. The first-order valence-corrected chi connectivity index (χ1v) is 9.92. The normalized spacial score (nSPS) is 10.5. The Bertz CT molecular complexity index is 1260. The molecule has 0 amide bonds. The number of para-hydroxylation sites is 1. The maximum atomic E-state index is 12.8. The van der Waals surface area contributed by atoms with E-state index < -0.39 is 17.2 Å². The van der Waals surface area contributed by atoms with Gasteiger partial charge in [0.05, 0.1) is 5.39 Å². The molecule has 0 radical (unpaired) electrons. The van der Waals surface area contributed by atoms with Crippen molar-refractivity contribution in [3.05, 3.63) is 75.1 Å². The third kappa shape index (κ3) is 4.33. The van der Waals surface area contributed by atoms with Gasteiger partial charge < -0.3 is 19.7 Å². The minimum atomic E-state index is -1.36. The SMILES string of the molecule is CCc1cc2c(=O)c(-c3nc(C)cs3)c(C(=O)O)oc2cc1O.Oc1ccccc1. The molecule has 4 rings (SSSR count). The van der Waals surface area contributed by atoms with Gasteiger partial charge in [-0.15, -0.1) is 11.3 Å². The van der Waals surface area contributed by atoms with Crippen molar-refractivity contribution in [3.63, 3.8) is 0 Å². The second-order valence-electron chi connectivity index (χ2n) is 6.40. The fraction of sp³-hybridized carbons (Fsp3) is 0.136. The van der Waals surface area contributed by atoms with Crippen LogP contribution in [-0.4, -0.2) is 26.3 Å². The monoisotopic (exact) mass is 425 g/mol. The Hall–Kier alpha value is -3.65. The molecule has 30 heavy (non-hydrogen) atoms. The van der Waals surface area contributed by atoms with Crippen LogP contribution in [-0.2, 0) is 6.42 Å². The predicted octanol–water partition coefficient (Wildman–Crippen LogP) is 4.58. The number of phenolic OH excluding ortho intramolecular Hbond substituents is 2. The fourth-order valence-corrected chi connectivity index (χ4v) is 3.63. The van der Waals surface area contributed by atoms with Crippen molar-refractivity contribution < 1.29 is 24.5 Å². The van der Waals surface area contributed by atoms with Crippen LogP contribution < -0.4 is 5.43 Å². The van der Waals surface area contributed by atoms with E-state index in [-0.39, 0.29) is 22.3 Å². The Morgan fingerprint density at radius 1 is 1.17 bits per heavy atom. The molecule has 0 saturated heterocycles. The number of benzene rings is 2. The molecule has 0 fully saturated rings. The number of carboxylic acid groups (broad SMARTS) is 1. The van der Waals surface area contributed by atoms with E-state index in [0.717, 1.165) is 0 Å². The zero-order chi connectivity index (χ0) is 21.8. The van der Waals surface area contributed by atoms with Crippen LogP contribution in [0.4, 0.5) is 0 Å². The number of thiazole rings is 1. The van der Waals surface area contributed by atoms with Gasteiger partial charge in [0.2, 0.25) is 11.2 Å². The molecule has 0 bridgehead atoms. The predicted molar refractivity (Wildman–Crippen MR) is 114 cm³/mol. The molecule has 0 spiro atoms. The van der Waals surface area contributed by atoms with E-state index in [2.05, 4.69) is 4.98 Å². The number of nitrogens with zero attached hydrogens (tertiary/aromatic N) is 1. The van der Waals surface area contributed by atoms with Crippen LogP contribution in [0, 0.1) is 6.92 Å². The summed E-state index contributed by atoms with van der Waals surface area (Å²) in [4.78, 5) is 28.5. The third-order valence-corrected chi connectivity index (χ3v) is 5.23. The minimum Gasteiger partial charge on any atom is -0.508 e. The number of hydrogen-bond donors (Lipinski definition) is 3. The van der Waals surface area contributed by atoms with Crippen molar-refractivity contribution in [2.45, 2.75) is 20.3 Å². The maximum Gasteiger partial charge on any atom is 0.372 e. The van der Waals surface area contributed by atoms with Gasteiger partial charge >= 0.3 is 5.97 Å². The number of hydrogen-bond acceptors (Lipinski definition) is 7. The first-order chi connectivity index (χ1) is 14.3. The van der Waals surface area contributed by atoms with Crippen LogP contribution in [0.1, 0.15) is 28.7 Å². The molecule has 2 aromatic heterocycles. The molecule has 3 N–H and O–H groups in total. The lowest BCUT2D eigenvalue weighted by Crippen LogP contribution is -2.13. The third-order valence-electron chi connectivity index (χ3n) is 4.26. The van der Waals surface area contributed by atoms with Gasteiger partial charge in [0.25, 0.3) is 0 Å². The highest BCUT2D eigenvalue weighted by atomic mass is 32.1. The summed E-state index contributed by atoms with van der Waals surface area (Å²) >= 11 is 1.19. The van der Waals surface area contributed by atoms with E-state index in [1.165, 1.54) is 23.5 Å². The summed E-state index contributed by atoms with van der Waals surface area (Å²) in [6.45, 7) is 3.61. The van der Waals surface area contributed by atoms with Crippen LogP contribution in [0.2, 0.25) is 0 Å². The highest BCUT2D eigenvalue weighted by Crippen LogP contribution is 2.30. The molecule has 4 aromatic rings. The van der Waals surface area contributed by atoms with Crippen LogP contribution in [0.5, 0.6) is 11.5 Å². The van der Waals surface area contributed by atoms with Gasteiger partial charge in [-0.25, -0.2) is 9.78 Å². The molecule has 7 nitrogen and oxygen atoms in total. The lowest BCUT2D eigenvalue weighted by molar-refractivity contribution is 0.0664. The van der Waals surface area contributed by atoms with Crippen molar-refractivity contribution >= 4 is 28.3 Å². The largest absolute Gasteiger partial charge is 0.508 e. The number of aryl methyl sites for hydroxylation is 2. The Labute approximate surface area is 175 Å². The van der Waals surface area contributed by atoms with Crippen molar-refractivity contribution in [1.29, 1.82) is 0 Å². The number of aromatic carboxylic acids is 1. The van der Waals surface area contributed by atoms with Crippen LogP contribution in [0.15, 0.2) is 57.1 Å². The molecule has 0 aliphatic rings. The molecule has 154 valence electrons. The van der Waals surface area contributed by atoms with Gasteiger partial charge in [-0.2, -0.15) is 0 Å². The highest BCUT2D eigenvalue weighted by molar-refractivity contribution is 7.13. The highest BCUT2D eigenvalue weighted by Gasteiger charge is 2.24. The number of phenols is 2. The summed E-state index contributed by atoms with van der Waals surface area (Å²) in [7, 11) is 0. The van der Waals surface area contributed by atoms with E-state index in [1.807, 2.05) is 13.0 Å². The van der Waals surface area contributed by atoms with Gasteiger partial charge in [-0.1, -0.05) is 25.1 Å². The quantitative estimate of drug-likeness (QED) is 0.439. The summed E-state index contributed by atoms with van der Waals surface area (Å²) in [5.74, 6) is -1.54. The number of rotatable bonds is 3. The average Bonchev–Trinajstić information content (AvgIpc) is 3.14. The molecule has 0 atom stereocenters. The Kier molecular flexibility index (Phi) is 6.17. The lowest BCUT2D eigenvalue weighted by Gasteiger charge is -2.07. The number of carbonyl (C=O) groups is 1. The zero-order valence-electron chi connectivity index (χ0n) is 16.2. The number of aromatic hydroxyl groups is 2. The van der Waals surface area contributed by atoms with E-state index in [0.29, 0.717) is 28.4 Å². The Morgan fingerprint density at radius 3 is 2.37 bits per heavy atom. The summed E-state index contributed by atoms with van der Waals surface area (Å²) in [6.07, 6.45) is 0.535.